The Bertz CT molecular complexity index is 954. The van der Waals surface area contributed by atoms with E-state index < -0.39 is 10.0 Å². The van der Waals surface area contributed by atoms with Crippen molar-refractivity contribution in [2.45, 2.75) is 37.0 Å². The lowest BCUT2D eigenvalue weighted by molar-refractivity contribution is 0.134. The summed E-state index contributed by atoms with van der Waals surface area (Å²) in [6.45, 7) is 4.72. The van der Waals surface area contributed by atoms with Gasteiger partial charge in [-0.2, -0.15) is 4.31 Å². The van der Waals surface area contributed by atoms with Gasteiger partial charge in [0.1, 0.15) is 0 Å². The molecule has 2 saturated heterocycles. The van der Waals surface area contributed by atoms with Crippen LogP contribution in [0.2, 0.25) is 5.02 Å². The molecule has 152 valence electrons. The van der Waals surface area contributed by atoms with E-state index in [1.165, 1.54) is 6.07 Å². The average molecular weight is 425 g/mol. The topological polar surface area (TPSA) is 79.5 Å². The minimum Gasteiger partial charge on any atom is -0.425 e. The van der Waals surface area contributed by atoms with Gasteiger partial charge in [0, 0.05) is 37.6 Å². The summed E-state index contributed by atoms with van der Waals surface area (Å²) >= 11 is 5.99. The molecule has 2 fully saturated rings. The third-order valence-electron chi connectivity index (χ3n) is 6.05. The van der Waals surface area contributed by atoms with Crippen molar-refractivity contribution in [3.63, 3.8) is 0 Å². The van der Waals surface area contributed by atoms with Crippen LogP contribution in [0.5, 0.6) is 0 Å². The zero-order chi connectivity index (χ0) is 19.9. The normalized spacial score (nSPS) is 23.5. The molecule has 1 spiro atoms. The van der Waals surface area contributed by atoms with E-state index in [2.05, 4.69) is 22.1 Å². The molecule has 2 aliphatic rings. The summed E-state index contributed by atoms with van der Waals surface area (Å²) in [5, 5.41) is 8.84. The van der Waals surface area contributed by atoms with Gasteiger partial charge in [0.2, 0.25) is 21.8 Å². The van der Waals surface area contributed by atoms with Crippen LogP contribution in [0.25, 0.3) is 0 Å². The Morgan fingerprint density at radius 1 is 1.29 bits per heavy atom. The van der Waals surface area contributed by atoms with E-state index in [-0.39, 0.29) is 16.2 Å². The highest BCUT2D eigenvalue weighted by Gasteiger charge is 2.51. The lowest BCUT2D eigenvalue weighted by atomic mass is 9.71. The second-order valence-corrected chi connectivity index (χ2v) is 10.2. The van der Waals surface area contributed by atoms with Crippen LogP contribution >= 0.6 is 11.6 Å². The van der Waals surface area contributed by atoms with Crippen molar-refractivity contribution in [3.05, 3.63) is 41.1 Å². The van der Waals surface area contributed by atoms with Crippen LogP contribution in [0, 0.1) is 5.41 Å². The summed E-state index contributed by atoms with van der Waals surface area (Å²) in [4.78, 5) is 2.53. The number of sulfonamides is 1. The van der Waals surface area contributed by atoms with Gasteiger partial charge in [0.15, 0.2) is 0 Å². The summed E-state index contributed by atoms with van der Waals surface area (Å²) in [7, 11) is -1.45. The van der Waals surface area contributed by atoms with Crippen LogP contribution in [0.3, 0.4) is 0 Å². The van der Waals surface area contributed by atoms with Gasteiger partial charge in [0.05, 0.1) is 10.8 Å². The zero-order valence-corrected chi connectivity index (χ0v) is 17.7. The number of piperidine rings is 1. The van der Waals surface area contributed by atoms with E-state index in [9.17, 15) is 8.42 Å². The van der Waals surface area contributed by atoms with Gasteiger partial charge >= 0.3 is 0 Å². The number of rotatable bonds is 4. The number of nitrogens with zero attached hydrogens (tertiary/aromatic N) is 4. The van der Waals surface area contributed by atoms with E-state index in [0.717, 1.165) is 25.9 Å². The molecule has 1 unspecified atom stereocenters. The van der Waals surface area contributed by atoms with Crippen LogP contribution in [-0.4, -0.2) is 61.0 Å². The van der Waals surface area contributed by atoms with Crippen molar-refractivity contribution in [2.75, 3.05) is 33.2 Å². The molecule has 0 radical (unpaired) electrons. The van der Waals surface area contributed by atoms with Crippen LogP contribution < -0.4 is 0 Å². The molecule has 0 amide bonds. The SMILES string of the molecule is CCc1nnc(C2CN(C)CC23CCN(S(=O)(=O)c2cccc(Cl)c2)CC3)o1. The molecule has 0 bridgehead atoms. The number of halogens is 1. The molecule has 0 N–H and O–H groups in total. The predicted molar refractivity (Wildman–Crippen MR) is 106 cm³/mol. The van der Waals surface area contributed by atoms with Gasteiger partial charge < -0.3 is 9.32 Å². The van der Waals surface area contributed by atoms with Gasteiger partial charge in [-0.15, -0.1) is 10.2 Å². The zero-order valence-electron chi connectivity index (χ0n) is 16.1. The molecule has 7 nitrogen and oxygen atoms in total. The van der Waals surface area contributed by atoms with Crippen molar-refractivity contribution in [3.8, 4) is 0 Å². The summed E-state index contributed by atoms with van der Waals surface area (Å²) in [5.41, 5.74) is -0.0351. The first kappa shape index (κ1) is 19.8. The number of aryl methyl sites for hydroxylation is 1. The predicted octanol–water partition coefficient (Wildman–Crippen LogP) is 2.79. The first-order valence-corrected chi connectivity index (χ1v) is 11.4. The summed E-state index contributed by atoms with van der Waals surface area (Å²) in [6, 6.07) is 6.46. The van der Waals surface area contributed by atoms with Crippen molar-refractivity contribution < 1.29 is 12.8 Å². The minimum atomic E-state index is -3.54. The van der Waals surface area contributed by atoms with E-state index >= 15 is 0 Å². The maximum absolute atomic E-state index is 13.0. The second-order valence-electron chi connectivity index (χ2n) is 7.86. The maximum Gasteiger partial charge on any atom is 0.243 e. The Kier molecular flexibility index (Phi) is 5.24. The summed E-state index contributed by atoms with van der Waals surface area (Å²) in [5.74, 6) is 1.48. The molecule has 2 aliphatic heterocycles. The molecule has 1 aromatic heterocycles. The standard InChI is InChI=1S/C19H25ClN4O3S/c1-3-17-21-22-18(27-17)16-12-23(2)13-19(16)7-9-24(10-8-19)28(25,26)15-6-4-5-14(20)11-15/h4-6,11,16H,3,7-10,12-13H2,1-2H3. The highest BCUT2D eigenvalue weighted by atomic mass is 35.5. The van der Waals surface area contributed by atoms with Crippen molar-refractivity contribution in [1.29, 1.82) is 0 Å². The molecular weight excluding hydrogens is 400 g/mol. The van der Waals surface area contributed by atoms with E-state index in [1.54, 1.807) is 22.5 Å². The third-order valence-corrected chi connectivity index (χ3v) is 8.18. The first-order valence-electron chi connectivity index (χ1n) is 9.60. The van der Waals surface area contributed by atoms with Gasteiger partial charge in [-0.05, 0) is 43.5 Å². The van der Waals surface area contributed by atoms with Gasteiger partial charge in [-0.1, -0.05) is 24.6 Å². The van der Waals surface area contributed by atoms with Gasteiger partial charge in [-0.3, -0.25) is 0 Å². The lowest BCUT2D eigenvalue weighted by Gasteiger charge is -2.41. The molecule has 4 rings (SSSR count). The fraction of sp³-hybridized carbons (Fsp3) is 0.579. The number of hydrogen-bond donors (Lipinski definition) is 0. The Balaban J connectivity index is 1.55. The van der Waals surface area contributed by atoms with Crippen LogP contribution in [0.4, 0.5) is 0 Å². The second kappa shape index (κ2) is 7.40. The number of benzene rings is 1. The van der Waals surface area contributed by atoms with Crippen molar-refractivity contribution in [1.82, 2.24) is 19.4 Å². The molecular formula is C19H25ClN4O3S. The molecule has 0 saturated carbocycles. The van der Waals surface area contributed by atoms with Gasteiger partial charge in [-0.25, -0.2) is 8.42 Å². The molecule has 0 aliphatic carbocycles. The Labute approximate surface area is 170 Å². The smallest absolute Gasteiger partial charge is 0.243 e. The number of likely N-dealkylation sites (tertiary alicyclic amines) is 1. The molecule has 3 heterocycles. The molecule has 9 heteroatoms. The van der Waals surface area contributed by atoms with Crippen molar-refractivity contribution in [2.24, 2.45) is 5.41 Å². The van der Waals surface area contributed by atoms with E-state index in [0.29, 0.717) is 36.3 Å². The highest BCUT2D eigenvalue weighted by Crippen LogP contribution is 2.49. The fourth-order valence-corrected chi connectivity index (χ4v) is 6.31. The average Bonchev–Trinajstić information content (AvgIpc) is 3.26. The van der Waals surface area contributed by atoms with E-state index in [4.69, 9.17) is 16.0 Å². The van der Waals surface area contributed by atoms with Crippen LogP contribution in [-0.2, 0) is 16.4 Å². The fourth-order valence-electron chi connectivity index (χ4n) is 4.56. The third kappa shape index (κ3) is 3.47. The van der Waals surface area contributed by atoms with Gasteiger partial charge in [0.25, 0.3) is 0 Å². The van der Waals surface area contributed by atoms with Crippen LogP contribution in [0.15, 0.2) is 33.6 Å². The number of aromatic nitrogens is 2. The van der Waals surface area contributed by atoms with E-state index in [1.807, 2.05) is 6.92 Å². The minimum absolute atomic E-state index is 0.0351. The number of hydrogen-bond acceptors (Lipinski definition) is 6. The Morgan fingerprint density at radius 2 is 2.04 bits per heavy atom. The monoisotopic (exact) mass is 424 g/mol. The lowest BCUT2D eigenvalue weighted by Crippen LogP contribution is -2.45. The summed E-state index contributed by atoms with van der Waals surface area (Å²) in [6.07, 6.45) is 2.26. The number of likely N-dealkylation sites (N-methyl/N-ethyl adjacent to an activating group) is 1. The molecule has 2 aromatic rings. The first-order chi connectivity index (χ1) is 13.3. The molecule has 28 heavy (non-hydrogen) atoms. The molecule has 1 atom stereocenters. The Morgan fingerprint density at radius 3 is 2.68 bits per heavy atom. The van der Waals surface area contributed by atoms with Crippen LogP contribution in [0.1, 0.15) is 37.5 Å². The quantitative estimate of drug-likeness (QED) is 0.750. The molecule has 1 aromatic carbocycles. The maximum atomic E-state index is 13.0. The summed E-state index contributed by atoms with van der Waals surface area (Å²) < 4.78 is 33.5. The largest absolute Gasteiger partial charge is 0.425 e. The van der Waals surface area contributed by atoms with Crippen molar-refractivity contribution >= 4 is 21.6 Å². The highest BCUT2D eigenvalue weighted by molar-refractivity contribution is 7.89. The Hall–Kier alpha value is -1.48.